The number of nitrogens with zero attached hydrogens (tertiary/aromatic N) is 3. The van der Waals surface area contributed by atoms with Crippen molar-refractivity contribution in [1.29, 1.82) is 0 Å². The molecular formula is C18H20N4OS. The minimum Gasteiger partial charge on any atom is -0.354 e. The van der Waals surface area contributed by atoms with Crippen LogP contribution in [0.3, 0.4) is 0 Å². The van der Waals surface area contributed by atoms with Gasteiger partial charge >= 0.3 is 0 Å². The number of rotatable bonds is 3. The molecule has 1 aliphatic carbocycles. The molecule has 0 radical (unpaired) electrons. The van der Waals surface area contributed by atoms with Crippen LogP contribution >= 0.6 is 11.3 Å². The third-order valence-electron chi connectivity index (χ3n) is 4.59. The number of benzene rings is 1. The molecule has 0 saturated heterocycles. The van der Waals surface area contributed by atoms with Gasteiger partial charge in [0.1, 0.15) is 0 Å². The predicted molar refractivity (Wildman–Crippen MR) is 97.0 cm³/mol. The summed E-state index contributed by atoms with van der Waals surface area (Å²) in [6.45, 7) is 3.95. The van der Waals surface area contributed by atoms with E-state index in [0.29, 0.717) is 4.96 Å². The van der Waals surface area contributed by atoms with Gasteiger partial charge in [-0.3, -0.25) is 4.79 Å². The van der Waals surface area contributed by atoms with E-state index in [1.54, 1.807) is 0 Å². The van der Waals surface area contributed by atoms with Crippen molar-refractivity contribution in [3.05, 3.63) is 57.0 Å². The molecule has 1 atom stereocenters. The van der Waals surface area contributed by atoms with Crippen molar-refractivity contribution >= 4 is 21.4 Å². The highest BCUT2D eigenvalue weighted by atomic mass is 32.1. The van der Waals surface area contributed by atoms with E-state index < -0.39 is 0 Å². The molecule has 0 amide bonds. The summed E-state index contributed by atoms with van der Waals surface area (Å²) < 4.78 is 1.36. The summed E-state index contributed by atoms with van der Waals surface area (Å²) in [5, 5.41) is 8.48. The molecule has 2 heterocycles. The van der Waals surface area contributed by atoms with Crippen molar-refractivity contribution < 1.29 is 0 Å². The molecule has 0 saturated carbocycles. The summed E-state index contributed by atoms with van der Waals surface area (Å²) in [6, 6.07) is 8.41. The molecule has 0 unspecified atom stereocenters. The van der Waals surface area contributed by atoms with Crippen molar-refractivity contribution in [2.75, 3.05) is 5.32 Å². The number of hydrogen-bond acceptors (Lipinski definition) is 5. The molecule has 1 aromatic carbocycles. The van der Waals surface area contributed by atoms with Gasteiger partial charge in [0.15, 0.2) is 0 Å². The van der Waals surface area contributed by atoms with E-state index >= 15 is 0 Å². The van der Waals surface area contributed by atoms with Crippen molar-refractivity contribution in [2.24, 2.45) is 0 Å². The maximum atomic E-state index is 12.0. The number of aromatic nitrogens is 3. The average molecular weight is 340 g/mol. The van der Waals surface area contributed by atoms with Gasteiger partial charge in [0.05, 0.1) is 6.04 Å². The monoisotopic (exact) mass is 340 g/mol. The van der Waals surface area contributed by atoms with Gasteiger partial charge in [0.25, 0.3) is 5.56 Å². The Morgan fingerprint density at radius 1 is 1.21 bits per heavy atom. The van der Waals surface area contributed by atoms with E-state index in [4.69, 9.17) is 0 Å². The molecule has 124 valence electrons. The van der Waals surface area contributed by atoms with Crippen LogP contribution in [-0.2, 0) is 12.8 Å². The van der Waals surface area contributed by atoms with Crippen LogP contribution in [0.1, 0.15) is 48.2 Å². The van der Waals surface area contributed by atoms with Crippen LogP contribution < -0.4 is 10.9 Å². The van der Waals surface area contributed by atoms with Crippen LogP contribution in [-0.4, -0.2) is 14.6 Å². The Bertz CT molecular complexity index is 959. The van der Waals surface area contributed by atoms with Gasteiger partial charge in [-0.15, -0.1) is 5.10 Å². The number of hydrogen-bond donors (Lipinski definition) is 1. The number of fused-ring (bicyclic) bond motifs is 2. The summed E-state index contributed by atoms with van der Waals surface area (Å²) in [6.07, 6.45) is 4.95. The number of aryl methyl sites for hydroxylation is 3. The Hall–Kier alpha value is -2.21. The summed E-state index contributed by atoms with van der Waals surface area (Å²) in [5.74, 6) is 0. The van der Waals surface area contributed by atoms with E-state index in [-0.39, 0.29) is 11.6 Å². The summed E-state index contributed by atoms with van der Waals surface area (Å²) in [7, 11) is 0. The van der Waals surface area contributed by atoms with Gasteiger partial charge in [-0.1, -0.05) is 29.5 Å². The molecule has 3 aromatic rings. The zero-order chi connectivity index (χ0) is 16.7. The topological polar surface area (TPSA) is 59.3 Å². The minimum absolute atomic E-state index is 0.134. The van der Waals surface area contributed by atoms with Gasteiger partial charge in [-0.25, -0.2) is 4.98 Å². The van der Waals surface area contributed by atoms with Gasteiger partial charge in [0, 0.05) is 11.8 Å². The predicted octanol–water partition coefficient (Wildman–Crippen LogP) is 3.51. The fraction of sp³-hybridized carbons (Fsp3) is 0.389. The molecule has 0 fully saturated rings. The fourth-order valence-corrected chi connectivity index (χ4v) is 4.21. The molecule has 0 bridgehead atoms. The van der Waals surface area contributed by atoms with E-state index in [1.807, 2.05) is 6.92 Å². The molecule has 0 spiro atoms. The average Bonchev–Trinajstić information content (AvgIpc) is 2.97. The zero-order valence-electron chi connectivity index (χ0n) is 13.9. The van der Waals surface area contributed by atoms with Crippen molar-refractivity contribution in [3.63, 3.8) is 0 Å². The van der Waals surface area contributed by atoms with Crippen molar-refractivity contribution in [1.82, 2.24) is 14.6 Å². The summed E-state index contributed by atoms with van der Waals surface area (Å²) in [4.78, 5) is 17.0. The fourth-order valence-electron chi connectivity index (χ4n) is 3.27. The quantitative estimate of drug-likeness (QED) is 0.793. The standard InChI is InChI=1S/C18H20N4OS/c1-11-9-16(23)22-18(19-11)24-17(21-22)20-12(2)14-8-7-13-5-3-4-6-15(13)10-14/h7-10,12H,3-6H2,1-2H3,(H,20,21)/t12-/m0/s1. The number of anilines is 1. The molecule has 0 aliphatic heterocycles. The highest BCUT2D eigenvalue weighted by molar-refractivity contribution is 7.20. The first kappa shape index (κ1) is 15.3. The largest absolute Gasteiger partial charge is 0.354 e. The second-order valence-electron chi connectivity index (χ2n) is 6.44. The molecule has 24 heavy (non-hydrogen) atoms. The van der Waals surface area contributed by atoms with Gasteiger partial charge in [-0.2, -0.15) is 4.52 Å². The molecule has 1 N–H and O–H groups in total. The van der Waals surface area contributed by atoms with E-state index in [1.165, 1.54) is 64.3 Å². The zero-order valence-corrected chi connectivity index (χ0v) is 14.7. The van der Waals surface area contributed by atoms with Crippen LogP contribution in [0, 0.1) is 6.92 Å². The van der Waals surface area contributed by atoms with Crippen molar-refractivity contribution in [3.8, 4) is 0 Å². The molecule has 2 aromatic heterocycles. The lowest BCUT2D eigenvalue weighted by molar-refractivity contribution is 0.683. The Labute approximate surface area is 144 Å². The van der Waals surface area contributed by atoms with E-state index in [9.17, 15) is 4.79 Å². The minimum atomic E-state index is -0.136. The molecule has 5 nitrogen and oxygen atoms in total. The SMILES string of the molecule is Cc1cc(=O)n2nc(N[C@@H](C)c3ccc4c(c3)CCCC4)sc2n1. The Balaban J connectivity index is 1.61. The first-order valence-electron chi connectivity index (χ1n) is 8.36. The highest BCUT2D eigenvalue weighted by Gasteiger charge is 2.14. The Kier molecular flexibility index (Phi) is 3.84. The van der Waals surface area contributed by atoms with Crippen LogP contribution in [0.25, 0.3) is 4.96 Å². The van der Waals surface area contributed by atoms with E-state index in [2.05, 4.69) is 40.5 Å². The molecule has 1 aliphatic rings. The first-order chi connectivity index (χ1) is 11.6. The second kappa shape index (κ2) is 6.02. The third-order valence-corrected chi connectivity index (χ3v) is 5.43. The summed E-state index contributed by atoms with van der Waals surface area (Å²) in [5.41, 5.74) is 4.81. The van der Waals surface area contributed by atoms with Gasteiger partial charge < -0.3 is 5.32 Å². The van der Waals surface area contributed by atoms with Crippen LogP contribution in [0.15, 0.2) is 29.1 Å². The molecular weight excluding hydrogens is 320 g/mol. The summed E-state index contributed by atoms with van der Waals surface area (Å²) >= 11 is 1.41. The normalized spacial score (nSPS) is 15.2. The lowest BCUT2D eigenvalue weighted by Crippen LogP contribution is -2.15. The van der Waals surface area contributed by atoms with Crippen LogP contribution in [0.2, 0.25) is 0 Å². The third kappa shape index (κ3) is 2.82. The van der Waals surface area contributed by atoms with Gasteiger partial charge in [0.2, 0.25) is 10.1 Å². The smallest absolute Gasteiger partial charge is 0.275 e. The maximum absolute atomic E-state index is 12.0. The second-order valence-corrected chi connectivity index (χ2v) is 7.39. The van der Waals surface area contributed by atoms with Crippen LogP contribution in [0.4, 0.5) is 5.13 Å². The van der Waals surface area contributed by atoms with Crippen molar-refractivity contribution in [2.45, 2.75) is 45.6 Å². The maximum Gasteiger partial charge on any atom is 0.275 e. The first-order valence-corrected chi connectivity index (χ1v) is 9.17. The van der Waals surface area contributed by atoms with E-state index in [0.717, 1.165) is 10.8 Å². The molecule has 4 rings (SSSR count). The lowest BCUT2D eigenvalue weighted by atomic mass is 9.89. The Morgan fingerprint density at radius 2 is 2.00 bits per heavy atom. The highest BCUT2D eigenvalue weighted by Crippen LogP contribution is 2.27. The lowest BCUT2D eigenvalue weighted by Gasteiger charge is -2.19. The van der Waals surface area contributed by atoms with Crippen LogP contribution in [0.5, 0.6) is 0 Å². The Morgan fingerprint density at radius 3 is 2.83 bits per heavy atom. The molecule has 6 heteroatoms. The van der Waals surface area contributed by atoms with Gasteiger partial charge in [-0.05, 0) is 56.2 Å². The number of nitrogens with one attached hydrogen (secondary N) is 1.